The molecule has 0 aliphatic carbocycles. The van der Waals surface area contributed by atoms with Gasteiger partial charge in [-0.05, 0) is 6.54 Å². The van der Waals surface area contributed by atoms with E-state index < -0.39 is 61.9 Å². The van der Waals surface area contributed by atoms with Crippen LogP contribution in [0.1, 0.15) is 18.6 Å². The van der Waals surface area contributed by atoms with E-state index in [1.165, 1.54) is 33.9 Å². The van der Waals surface area contributed by atoms with Crippen molar-refractivity contribution in [1.82, 2.24) is 33.8 Å². The fourth-order valence-electron chi connectivity index (χ4n) is 3.56. The molecule has 39 heavy (non-hydrogen) atoms. The Morgan fingerprint density at radius 3 is 1.28 bits per heavy atom. The number of hydrogen-bond donors (Lipinski definition) is 4. The Kier molecular flexibility index (Phi) is 11.1. The number of carbonyl (C=O) groups excluding carboxylic acids is 2. The molecule has 17 nitrogen and oxygen atoms in total. The summed E-state index contributed by atoms with van der Waals surface area (Å²) in [6.45, 7) is -1.00. The van der Waals surface area contributed by atoms with Gasteiger partial charge in [0.2, 0.25) is 11.8 Å². The van der Waals surface area contributed by atoms with Crippen LogP contribution in [0.2, 0.25) is 0 Å². The molecule has 0 aliphatic heterocycles. The SMILES string of the molecule is CCN(Cc1nccn1CC(=O)N(CC(=O)O)CC(=O)O)Cc1nccn1CC(=O)N(CC(=O)O)CC(=O)O. The number of imidazole rings is 2. The van der Waals surface area contributed by atoms with Crippen molar-refractivity contribution in [3.63, 3.8) is 0 Å². The predicted molar refractivity (Wildman–Crippen MR) is 128 cm³/mol. The average molecular weight is 552 g/mol. The summed E-state index contributed by atoms with van der Waals surface area (Å²) in [6.07, 6.45) is 5.88. The monoisotopic (exact) mass is 551 g/mol. The zero-order chi connectivity index (χ0) is 29.1. The third kappa shape index (κ3) is 9.88. The largest absolute Gasteiger partial charge is 0.480 e. The molecule has 0 unspecified atom stereocenters. The fourth-order valence-corrected chi connectivity index (χ4v) is 3.56. The van der Waals surface area contributed by atoms with Gasteiger partial charge < -0.3 is 39.4 Å². The zero-order valence-corrected chi connectivity index (χ0v) is 21.0. The van der Waals surface area contributed by atoms with Gasteiger partial charge in [-0.2, -0.15) is 0 Å². The first-order chi connectivity index (χ1) is 18.4. The van der Waals surface area contributed by atoms with E-state index in [9.17, 15) is 28.8 Å². The lowest BCUT2D eigenvalue weighted by atomic mass is 10.3. The second-order valence-electron chi connectivity index (χ2n) is 8.32. The molecule has 2 rings (SSSR count). The standard InChI is InChI=1S/C22H29N7O10/c1-2-25(7-15-23-3-5-26(15)9-17(30)28(11-19(32)33)12-20(34)35)8-16-24-4-6-27(16)10-18(31)29(13-21(36)37)14-22(38)39/h3-6H,2,7-14H2,1H3,(H,32,33)(H,34,35)(H,36,37)(H,38,39). The maximum absolute atomic E-state index is 12.6. The summed E-state index contributed by atoms with van der Waals surface area (Å²) in [7, 11) is 0. The first-order valence-corrected chi connectivity index (χ1v) is 11.5. The van der Waals surface area contributed by atoms with E-state index in [4.69, 9.17) is 20.4 Å². The summed E-state index contributed by atoms with van der Waals surface area (Å²) in [6, 6.07) is 0. The van der Waals surface area contributed by atoms with Crippen LogP contribution in [0, 0.1) is 0 Å². The Morgan fingerprint density at radius 1 is 0.667 bits per heavy atom. The molecular weight excluding hydrogens is 522 g/mol. The number of carbonyl (C=O) groups is 6. The third-order valence-corrected chi connectivity index (χ3v) is 5.40. The summed E-state index contributed by atoms with van der Waals surface area (Å²) < 4.78 is 2.93. The van der Waals surface area contributed by atoms with Gasteiger partial charge in [-0.25, -0.2) is 9.97 Å². The Balaban J connectivity index is 2.11. The van der Waals surface area contributed by atoms with Crippen molar-refractivity contribution >= 4 is 35.7 Å². The number of hydrogen-bond acceptors (Lipinski definition) is 9. The highest BCUT2D eigenvalue weighted by atomic mass is 16.4. The number of carboxylic acid groups (broad SMARTS) is 4. The molecule has 2 aromatic heterocycles. The Labute approximate surface area is 221 Å². The Bertz CT molecular complexity index is 1090. The van der Waals surface area contributed by atoms with Crippen LogP contribution in [-0.4, -0.2) is 123 Å². The molecule has 0 bridgehead atoms. The van der Waals surface area contributed by atoms with Gasteiger partial charge >= 0.3 is 23.9 Å². The molecule has 2 heterocycles. The lowest BCUT2D eigenvalue weighted by Gasteiger charge is -2.23. The van der Waals surface area contributed by atoms with E-state index in [0.29, 0.717) is 28.0 Å². The molecule has 0 saturated heterocycles. The minimum atomic E-state index is -1.35. The second-order valence-corrected chi connectivity index (χ2v) is 8.32. The maximum Gasteiger partial charge on any atom is 0.323 e. The number of aliphatic carboxylic acids is 4. The second kappa shape index (κ2) is 14.2. The van der Waals surface area contributed by atoms with E-state index in [0.717, 1.165) is 0 Å². The summed E-state index contributed by atoms with van der Waals surface area (Å²) >= 11 is 0. The van der Waals surface area contributed by atoms with Crippen molar-refractivity contribution in [3.8, 4) is 0 Å². The van der Waals surface area contributed by atoms with E-state index in [2.05, 4.69) is 9.97 Å². The maximum atomic E-state index is 12.6. The highest BCUT2D eigenvalue weighted by Crippen LogP contribution is 2.10. The Hall–Kier alpha value is -4.80. The van der Waals surface area contributed by atoms with Crippen LogP contribution < -0.4 is 0 Å². The van der Waals surface area contributed by atoms with Gasteiger partial charge in [0.05, 0.1) is 13.1 Å². The molecule has 0 radical (unpaired) electrons. The molecule has 0 spiro atoms. The molecule has 2 amide bonds. The lowest BCUT2D eigenvalue weighted by Crippen LogP contribution is -2.41. The topological polar surface area (TPSA) is 229 Å². The zero-order valence-electron chi connectivity index (χ0n) is 21.0. The Morgan fingerprint density at radius 2 is 1.00 bits per heavy atom. The van der Waals surface area contributed by atoms with Crippen LogP contribution in [0.5, 0.6) is 0 Å². The normalized spacial score (nSPS) is 10.8. The molecule has 0 aromatic carbocycles. The highest BCUT2D eigenvalue weighted by Gasteiger charge is 2.23. The quantitative estimate of drug-likeness (QED) is 0.168. The number of amides is 2. The molecule has 0 fully saturated rings. The van der Waals surface area contributed by atoms with Crippen molar-refractivity contribution in [2.45, 2.75) is 33.1 Å². The van der Waals surface area contributed by atoms with Gasteiger partial charge in [-0.1, -0.05) is 6.92 Å². The van der Waals surface area contributed by atoms with Crippen LogP contribution in [0.3, 0.4) is 0 Å². The minimum absolute atomic E-state index is 0.208. The highest BCUT2D eigenvalue weighted by molar-refractivity contribution is 5.85. The minimum Gasteiger partial charge on any atom is -0.480 e. The molecule has 2 aromatic rings. The average Bonchev–Trinajstić information content (AvgIpc) is 3.45. The van der Waals surface area contributed by atoms with E-state index >= 15 is 0 Å². The van der Waals surface area contributed by atoms with Crippen molar-refractivity contribution in [3.05, 3.63) is 36.4 Å². The molecule has 4 N–H and O–H groups in total. The van der Waals surface area contributed by atoms with Crippen LogP contribution in [0.4, 0.5) is 0 Å². The van der Waals surface area contributed by atoms with Gasteiger partial charge in [0.1, 0.15) is 50.9 Å². The van der Waals surface area contributed by atoms with Crippen LogP contribution >= 0.6 is 0 Å². The van der Waals surface area contributed by atoms with Crippen molar-refractivity contribution in [1.29, 1.82) is 0 Å². The van der Waals surface area contributed by atoms with Crippen LogP contribution in [0.15, 0.2) is 24.8 Å². The first kappa shape index (κ1) is 30.4. The number of carboxylic acids is 4. The van der Waals surface area contributed by atoms with Gasteiger partial charge in [0, 0.05) is 24.8 Å². The van der Waals surface area contributed by atoms with Crippen molar-refractivity contribution in [2.24, 2.45) is 0 Å². The third-order valence-electron chi connectivity index (χ3n) is 5.40. The number of nitrogens with zero attached hydrogens (tertiary/aromatic N) is 7. The summed E-state index contributed by atoms with van der Waals surface area (Å²) in [5.74, 6) is -5.98. The summed E-state index contributed by atoms with van der Waals surface area (Å²) in [5.41, 5.74) is 0. The van der Waals surface area contributed by atoms with E-state index in [-0.39, 0.29) is 26.2 Å². The van der Waals surface area contributed by atoms with Gasteiger partial charge in [-0.15, -0.1) is 0 Å². The number of rotatable bonds is 17. The fraction of sp³-hybridized carbons (Fsp3) is 0.455. The van der Waals surface area contributed by atoms with Crippen molar-refractivity contribution in [2.75, 3.05) is 32.7 Å². The smallest absolute Gasteiger partial charge is 0.323 e. The van der Waals surface area contributed by atoms with Crippen LogP contribution in [0.25, 0.3) is 0 Å². The van der Waals surface area contributed by atoms with Gasteiger partial charge in [0.15, 0.2) is 0 Å². The van der Waals surface area contributed by atoms with Crippen molar-refractivity contribution < 1.29 is 49.2 Å². The lowest BCUT2D eigenvalue weighted by molar-refractivity contribution is -0.150. The summed E-state index contributed by atoms with van der Waals surface area (Å²) in [4.78, 5) is 81.1. The molecular formula is C22H29N7O10. The van der Waals surface area contributed by atoms with E-state index in [1.54, 1.807) is 0 Å². The summed E-state index contributed by atoms with van der Waals surface area (Å²) in [5, 5.41) is 35.9. The molecule has 0 atom stereocenters. The molecule has 0 saturated carbocycles. The van der Waals surface area contributed by atoms with Crippen LogP contribution in [-0.2, 0) is 54.9 Å². The molecule has 17 heteroatoms. The first-order valence-electron chi connectivity index (χ1n) is 11.5. The molecule has 0 aliphatic rings. The van der Waals surface area contributed by atoms with E-state index in [1.807, 2.05) is 11.8 Å². The molecule has 212 valence electrons. The van der Waals surface area contributed by atoms with Gasteiger partial charge in [-0.3, -0.25) is 33.7 Å². The van der Waals surface area contributed by atoms with Gasteiger partial charge in [0.25, 0.3) is 0 Å². The predicted octanol–water partition coefficient (Wildman–Crippen LogP) is -1.90. The number of aromatic nitrogens is 4.